The zero-order chi connectivity index (χ0) is 15.0. The topological polar surface area (TPSA) is 29.1 Å². The van der Waals surface area contributed by atoms with E-state index in [0.717, 1.165) is 17.3 Å². The van der Waals surface area contributed by atoms with E-state index in [9.17, 15) is 18.0 Å². The summed E-state index contributed by atoms with van der Waals surface area (Å²) >= 11 is 0. The van der Waals surface area contributed by atoms with Crippen molar-refractivity contribution in [3.8, 4) is 0 Å². The first-order valence-corrected chi connectivity index (χ1v) is 6.51. The number of hydrogen-bond donors (Lipinski definition) is 1. The smallest absolute Gasteiger partial charge is 0.384 e. The Morgan fingerprint density at radius 1 is 1.05 bits per heavy atom. The Bertz CT molecular complexity index is 694. The molecule has 2 aromatic rings. The Morgan fingerprint density at radius 3 is 2.48 bits per heavy atom. The first-order valence-electron chi connectivity index (χ1n) is 6.51. The molecule has 2 nitrogen and oxygen atoms in total. The molecule has 0 fully saturated rings. The number of benzene rings is 2. The summed E-state index contributed by atoms with van der Waals surface area (Å²) in [4.78, 5) is 12.5. The molecule has 0 aromatic heterocycles. The summed E-state index contributed by atoms with van der Waals surface area (Å²) in [5.74, 6) is -1.08. The average Bonchev–Trinajstić information content (AvgIpc) is 2.89. The zero-order valence-electron chi connectivity index (χ0n) is 10.9. The van der Waals surface area contributed by atoms with E-state index >= 15 is 0 Å². The highest BCUT2D eigenvalue weighted by atomic mass is 19.4. The third kappa shape index (κ3) is 2.39. The lowest BCUT2D eigenvalue weighted by atomic mass is 9.90. The number of alkyl halides is 3. The van der Waals surface area contributed by atoms with Gasteiger partial charge in [0, 0.05) is 17.8 Å². The number of Topliss-reactive ketones (excluding diaryl/α,β-unsaturated/α-hetero) is 1. The van der Waals surface area contributed by atoms with Gasteiger partial charge in [-0.1, -0.05) is 36.4 Å². The highest BCUT2D eigenvalue weighted by Crippen LogP contribution is 2.37. The van der Waals surface area contributed by atoms with Crippen molar-refractivity contribution >= 4 is 11.5 Å². The average molecular weight is 291 g/mol. The number of ketones is 1. The lowest BCUT2D eigenvalue weighted by Crippen LogP contribution is -2.19. The van der Waals surface area contributed by atoms with E-state index in [-0.39, 0.29) is 5.56 Å². The van der Waals surface area contributed by atoms with E-state index in [1.807, 2.05) is 12.1 Å². The molecule has 5 heteroatoms. The van der Waals surface area contributed by atoms with E-state index in [2.05, 4.69) is 5.32 Å². The molecule has 3 rings (SSSR count). The minimum atomic E-state index is -4.53. The fraction of sp³-hybridized carbons (Fsp3) is 0.188. The van der Waals surface area contributed by atoms with Gasteiger partial charge in [0.25, 0.3) is 0 Å². The van der Waals surface area contributed by atoms with Crippen molar-refractivity contribution in [2.24, 2.45) is 0 Å². The molecule has 1 aliphatic heterocycles. The van der Waals surface area contributed by atoms with Crippen LogP contribution in [0.4, 0.5) is 18.9 Å². The molecule has 0 saturated carbocycles. The van der Waals surface area contributed by atoms with Gasteiger partial charge in [0.15, 0.2) is 5.78 Å². The molecule has 1 N–H and O–H groups in total. The molecule has 1 heterocycles. The highest BCUT2D eigenvalue weighted by molar-refractivity contribution is 6.04. The van der Waals surface area contributed by atoms with Crippen molar-refractivity contribution in [1.82, 2.24) is 0 Å². The van der Waals surface area contributed by atoms with Gasteiger partial charge in [0.1, 0.15) is 0 Å². The van der Waals surface area contributed by atoms with Gasteiger partial charge in [-0.25, -0.2) is 0 Å². The first-order chi connectivity index (χ1) is 9.98. The van der Waals surface area contributed by atoms with Crippen LogP contribution in [-0.4, -0.2) is 12.3 Å². The number of rotatable bonds is 2. The summed E-state index contributed by atoms with van der Waals surface area (Å²) in [6.45, 7) is 0.324. The first kappa shape index (κ1) is 13.7. The maximum absolute atomic E-state index is 13.0. The molecule has 108 valence electrons. The number of para-hydroxylation sites is 1. The fourth-order valence-corrected chi connectivity index (χ4v) is 2.65. The van der Waals surface area contributed by atoms with E-state index < -0.39 is 23.4 Å². The van der Waals surface area contributed by atoms with Gasteiger partial charge < -0.3 is 5.32 Å². The Hall–Kier alpha value is -2.30. The Kier molecular flexibility index (Phi) is 3.20. The monoisotopic (exact) mass is 291 g/mol. The minimum Gasteiger partial charge on any atom is -0.384 e. The van der Waals surface area contributed by atoms with Crippen molar-refractivity contribution in [2.45, 2.75) is 12.1 Å². The highest BCUT2D eigenvalue weighted by Gasteiger charge is 2.37. The van der Waals surface area contributed by atoms with Gasteiger partial charge >= 0.3 is 6.18 Å². The molecule has 0 saturated heterocycles. The predicted molar refractivity (Wildman–Crippen MR) is 73.4 cm³/mol. The van der Waals surface area contributed by atoms with Gasteiger partial charge in [-0.05, 0) is 17.7 Å². The number of anilines is 1. The van der Waals surface area contributed by atoms with E-state index in [4.69, 9.17) is 0 Å². The van der Waals surface area contributed by atoms with Crippen LogP contribution in [0, 0.1) is 0 Å². The summed E-state index contributed by atoms with van der Waals surface area (Å²) in [5, 5.41) is 3.06. The second-order valence-corrected chi connectivity index (χ2v) is 4.93. The minimum absolute atomic E-state index is 0.270. The molecule has 21 heavy (non-hydrogen) atoms. The number of carbonyl (C=O) groups excluding carboxylic acids is 1. The van der Waals surface area contributed by atoms with Crippen molar-refractivity contribution in [1.29, 1.82) is 0 Å². The number of halogens is 3. The van der Waals surface area contributed by atoms with Gasteiger partial charge in [-0.3, -0.25) is 4.79 Å². The standard InChI is InChI=1S/C16H12F3NO/c17-16(18,19)13-7-3-1-6-11(13)15(21)12-9-20-14-8-4-2-5-10(12)14/h1-8,12,20H,9H2. The maximum atomic E-state index is 13.0. The molecule has 0 bridgehead atoms. The van der Waals surface area contributed by atoms with Gasteiger partial charge in [-0.15, -0.1) is 0 Å². The molecular weight excluding hydrogens is 279 g/mol. The van der Waals surface area contributed by atoms with Gasteiger partial charge in [-0.2, -0.15) is 13.2 Å². The normalized spacial score (nSPS) is 17.2. The van der Waals surface area contributed by atoms with Crippen LogP contribution in [0.15, 0.2) is 48.5 Å². The van der Waals surface area contributed by atoms with Crippen molar-refractivity contribution in [2.75, 3.05) is 11.9 Å². The molecule has 0 amide bonds. The third-order valence-electron chi connectivity index (χ3n) is 3.65. The molecular formula is C16H12F3NO. The summed E-state index contributed by atoms with van der Waals surface area (Å²) in [5.41, 5.74) is 0.410. The van der Waals surface area contributed by atoms with Crippen molar-refractivity contribution < 1.29 is 18.0 Å². The number of carbonyl (C=O) groups is 1. The summed E-state index contributed by atoms with van der Waals surface area (Å²) in [7, 11) is 0. The number of nitrogens with one attached hydrogen (secondary N) is 1. The maximum Gasteiger partial charge on any atom is 0.417 e. The van der Waals surface area contributed by atoms with Crippen LogP contribution < -0.4 is 5.32 Å². The molecule has 0 aliphatic carbocycles. The predicted octanol–water partition coefficient (Wildman–Crippen LogP) is 4.10. The molecule has 1 unspecified atom stereocenters. The third-order valence-corrected chi connectivity index (χ3v) is 3.65. The van der Waals surface area contributed by atoms with Gasteiger partial charge in [0.2, 0.25) is 0 Å². The van der Waals surface area contributed by atoms with Gasteiger partial charge in [0.05, 0.1) is 11.5 Å². The summed E-state index contributed by atoms with van der Waals surface area (Å²) in [6, 6.07) is 12.1. The fourth-order valence-electron chi connectivity index (χ4n) is 2.65. The van der Waals surface area contributed by atoms with Crippen molar-refractivity contribution in [3.63, 3.8) is 0 Å². The Labute approximate surface area is 119 Å². The second-order valence-electron chi connectivity index (χ2n) is 4.93. The molecule has 0 spiro atoms. The van der Waals surface area contributed by atoms with Crippen LogP contribution in [0.5, 0.6) is 0 Å². The second kappa shape index (κ2) is 4.91. The SMILES string of the molecule is O=C(c1ccccc1C(F)(F)F)C1CNc2ccccc21. The van der Waals surface area contributed by atoms with Crippen LogP contribution >= 0.6 is 0 Å². The largest absolute Gasteiger partial charge is 0.417 e. The number of hydrogen-bond acceptors (Lipinski definition) is 2. The lowest BCUT2D eigenvalue weighted by Gasteiger charge is -2.15. The summed E-state index contributed by atoms with van der Waals surface area (Å²) < 4.78 is 39.1. The van der Waals surface area contributed by atoms with E-state index in [0.29, 0.717) is 6.54 Å². The van der Waals surface area contributed by atoms with Crippen LogP contribution in [0.25, 0.3) is 0 Å². The Morgan fingerprint density at radius 2 is 1.71 bits per heavy atom. The number of fused-ring (bicyclic) bond motifs is 1. The van der Waals surface area contributed by atoms with Crippen LogP contribution in [0.1, 0.15) is 27.4 Å². The van der Waals surface area contributed by atoms with E-state index in [1.54, 1.807) is 12.1 Å². The summed E-state index contributed by atoms with van der Waals surface area (Å²) in [6.07, 6.45) is -4.53. The molecule has 0 radical (unpaired) electrons. The molecule has 1 aliphatic rings. The quantitative estimate of drug-likeness (QED) is 0.844. The Balaban J connectivity index is 2.02. The lowest BCUT2D eigenvalue weighted by molar-refractivity contribution is -0.137. The van der Waals surface area contributed by atoms with Crippen LogP contribution in [-0.2, 0) is 6.18 Å². The van der Waals surface area contributed by atoms with Crippen LogP contribution in [0.2, 0.25) is 0 Å². The van der Waals surface area contributed by atoms with Crippen molar-refractivity contribution in [3.05, 3.63) is 65.2 Å². The van der Waals surface area contributed by atoms with E-state index in [1.165, 1.54) is 18.2 Å². The zero-order valence-corrected chi connectivity index (χ0v) is 10.9. The van der Waals surface area contributed by atoms with Crippen LogP contribution in [0.3, 0.4) is 0 Å². The molecule has 1 atom stereocenters. The molecule has 2 aromatic carbocycles.